The molecule has 6 nitrogen and oxygen atoms in total. The van der Waals surface area contributed by atoms with E-state index in [1.165, 1.54) is 6.42 Å². The molecule has 1 aliphatic carbocycles. The molecule has 3 N–H and O–H groups in total. The largest absolute Gasteiger partial charge is 0.368 e. The minimum atomic E-state index is -0.352. The van der Waals surface area contributed by atoms with Crippen molar-refractivity contribution in [3.05, 3.63) is 24.3 Å². The molecule has 2 fully saturated rings. The van der Waals surface area contributed by atoms with E-state index in [9.17, 15) is 9.59 Å². The van der Waals surface area contributed by atoms with Crippen LogP contribution in [0, 0.1) is 11.3 Å². The lowest BCUT2D eigenvalue weighted by molar-refractivity contribution is -0.124. The van der Waals surface area contributed by atoms with Crippen LogP contribution in [0.4, 0.5) is 16.2 Å². The Balaban J connectivity index is 1.51. The topological polar surface area (TPSA) is 79.5 Å². The summed E-state index contributed by atoms with van der Waals surface area (Å²) in [6, 6.07) is 7.22. The van der Waals surface area contributed by atoms with Crippen LogP contribution >= 0.6 is 0 Å². The standard InChI is InChI=1S/C22H33N3O3/c1-22(2,3)17-7-4-5-8-18(17)25-21(27)24-16-12-10-15(11-13-16)23-20(26)19-9-6-14-28-19/h10-13,17-19H,4-9,14H2,1-3H3,(H,23,26)(H2,24,25,27)/t17-,18+,19+/m1/s1. The summed E-state index contributed by atoms with van der Waals surface area (Å²) in [4.78, 5) is 24.6. The molecule has 6 heteroatoms. The van der Waals surface area contributed by atoms with Crippen LogP contribution in [-0.2, 0) is 9.53 Å². The number of carbonyl (C=O) groups is 2. The Labute approximate surface area is 167 Å². The van der Waals surface area contributed by atoms with Crippen molar-refractivity contribution in [2.24, 2.45) is 11.3 Å². The summed E-state index contributed by atoms with van der Waals surface area (Å²) >= 11 is 0. The van der Waals surface area contributed by atoms with Crippen LogP contribution < -0.4 is 16.0 Å². The smallest absolute Gasteiger partial charge is 0.319 e. The average molecular weight is 388 g/mol. The van der Waals surface area contributed by atoms with Gasteiger partial charge in [0.05, 0.1) is 0 Å². The minimum absolute atomic E-state index is 0.110. The van der Waals surface area contributed by atoms with E-state index in [1.54, 1.807) is 24.3 Å². The lowest BCUT2D eigenvalue weighted by Gasteiger charge is -2.40. The van der Waals surface area contributed by atoms with E-state index in [-0.39, 0.29) is 29.5 Å². The van der Waals surface area contributed by atoms with Gasteiger partial charge in [0, 0.05) is 24.0 Å². The van der Waals surface area contributed by atoms with Crippen LogP contribution in [0.2, 0.25) is 0 Å². The predicted octanol–water partition coefficient (Wildman–Crippen LogP) is 4.53. The van der Waals surface area contributed by atoms with Crippen LogP contribution in [0.25, 0.3) is 0 Å². The third-order valence-electron chi connectivity index (χ3n) is 5.83. The molecule has 0 spiro atoms. The maximum atomic E-state index is 12.5. The van der Waals surface area contributed by atoms with Crippen molar-refractivity contribution in [3.8, 4) is 0 Å². The lowest BCUT2D eigenvalue weighted by atomic mass is 9.69. The quantitative estimate of drug-likeness (QED) is 0.710. The van der Waals surface area contributed by atoms with Crippen molar-refractivity contribution in [1.29, 1.82) is 0 Å². The van der Waals surface area contributed by atoms with Gasteiger partial charge in [-0.3, -0.25) is 4.79 Å². The Hall–Kier alpha value is -2.08. The van der Waals surface area contributed by atoms with E-state index in [2.05, 4.69) is 36.7 Å². The van der Waals surface area contributed by atoms with Gasteiger partial charge in [-0.15, -0.1) is 0 Å². The molecule has 1 aromatic carbocycles. The predicted molar refractivity (Wildman–Crippen MR) is 111 cm³/mol. The second-order valence-corrected chi connectivity index (χ2v) is 9.03. The molecule has 1 saturated carbocycles. The number of hydrogen-bond acceptors (Lipinski definition) is 3. The molecule has 2 aliphatic rings. The number of urea groups is 1. The SMILES string of the molecule is CC(C)(C)[C@@H]1CCCC[C@@H]1NC(=O)Nc1ccc(NC(=O)[C@@H]2CCCO2)cc1. The first-order valence-electron chi connectivity index (χ1n) is 10.4. The Morgan fingerprint density at radius 2 is 1.57 bits per heavy atom. The summed E-state index contributed by atoms with van der Waals surface area (Å²) in [7, 11) is 0. The summed E-state index contributed by atoms with van der Waals surface area (Å²) < 4.78 is 5.39. The second kappa shape index (κ2) is 8.95. The Morgan fingerprint density at radius 1 is 0.929 bits per heavy atom. The average Bonchev–Trinajstić information content (AvgIpc) is 3.18. The van der Waals surface area contributed by atoms with Gasteiger partial charge in [-0.05, 0) is 61.3 Å². The van der Waals surface area contributed by atoms with Crippen molar-refractivity contribution in [2.75, 3.05) is 17.2 Å². The molecule has 1 aliphatic heterocycles. The van der Waals surface area contributed by atoms with E-state index < -0.39 is 0 Å². The highest BCUT2D eigenvalue weighted by atomic mass is 16.5. The molecule has 3 rings (SSSR count). The Kier molecular flexibility index (Phi) is 6.60. The van der Waals surface area contributed by atoms with Crippen molar-refractivity contribution >= 4 is 23.3 Å². The first-order valence-corrected chi connectivity index (χ1v) is 10.4. The Bertz CT molecular complexity index is 675. The number of nitrogens with one attached hydrogen (secondary N) is 3. The highest BCUT2D eigenvalue weighted by Gasteiger charge is 2.34. The van der Waals surface area contributed by atoms with E-state index >= 15 is 0 Å². The summed E-state index contributed by atoms with van der Waals surface area (Å²) in [5.74, 6) is 0.379. The van der Waals surface area contributed by atoms with E-state index in [0.29, 0.717) is 23.9 Å². The number of hydrogen-bond donors (Lipinski definition) is 3. The van der Waals surface area contributed by atoms with Gasteiger partial charge in [0.15, 0.2) is 0 Å². The van der Waals surface area contributed by atoms with Gasteiger partial charge in [-0.1, -0.05) is 33.6 Å². The van der Waals surface area contributed by atoms with Crippen LogP contribution in [-0.4, -0.2) is 30.7 Å². The molecule has 0 aromatic heterocycles. The van der Waals surface area contributed by atoms with Gasteiger partial charge in [0.25, 0.3) is 5.91 Å². The lowest BCUT2D eigenvalue weighted by Crippen LogP contribution is -2.48. The third kappa shape index (κ3) is 5.47. The van der Waals surface area contributed by atoms with Gasteiger partial charge < -0.3 is 20.7 Å². The van der Waals surface area contributed by atoms with Crippen LogP contribution in [0.1, 0.15) is 59.3 Å². The number of ether oxygens (including phenoxy) is 1. The van der Waals surface area contributed by atoms with Gasteiger partial charge in [-0.2, -0.15) is 0 Å². The molecular weight excluding hydrogens is 354 g/mol. The van der Waals surface area contributed by atoms with Crippen LogP contribution in [0.15, 0.2) is 24.3 Å². The first kappa shape index (κ1) is 20.6. The van der Waals surface area contributed by atoms with Crippen molar-refractivity contribution in [3.63, 3.8) is 0 Å². The molecular formula is C22H33N3O3. The zero-order chi connectivity index (χ0) is 20.1. The molecule has 28 heavy (non-hydrogen) atoms. The zero-order valence-corrected chi connectivity index (χ0v) is 17.2. The van der Waals surface area contributed by atoms with E-state index in [1.807, 2.05) is 0 Å². The first-order chi connectivity index (χ1) is 13.3. The van der Waals surface area contributed by atoms with Crippen molar-refractivity contribution in [2.45, 2.75) is 71.4 Å². The summed E-state index contributed by atoms with van der Waals surface area (Å²) in [6.45, 7) is 7.39. The molecule has 0 bridgehead atoms. The van der Waals surface area contributed by atoms with Crippen LogP contribution in [0.5, 0.6) is 0 Å². The van der Waals surface area contributed by atoms with Gasteiger partial charge in [0.2, 0.25) is 0 Å². The molecule has 154 valence electrons. The number of anilines is 2. The summed E-state index contributed by atoms with van der Waals surface area (Å²) in [5, 5.41) is 8.94. The Morgan fingerprint density at radius 3 is 2.18 bits per heavy atom. The molecule has 0 radical (unpaired) electrons. The fourth-order valence-electron chi connectivity index (χ4n) is 4.32. The highest BCUT2D eigenvalue weighted by molar-refractivity contribution is 5.95. The van der Waals surface area contributed by atoms with Gasteiger partial charge in [-0.25, -0.2) is 4.79 Å². The fraction of sp³-hybridized carbons (Fsp3) is 0.636. The maximum Gasteiger partial charge on any atom is 0.319 e. The number of rotatable bonds is 4. The van der Waals surface area contributed by atoms with Crippen molar-refractivity contribution in [1.82, 2.24) is 5.32 Å². The molecule has 3 amide bonds. The van der Waals surface area contributed by atoms with Gasteiger partial charge >= 0.3 is 6.03 Å². The summed E-state index contributed by atoms with van der Waals surface area (Å²) in [6.07, 6.45) is 5.93. The normalized spacial score (nSPS) is 25.2. The monoisotopic (exact) mass is 387 g/mol. The molecule has 1 aromatic rings. The molecule has 0 unspecified atom stereocenters. The van der Waals surface area contributed by atoms with Crippen molar-refractivity contribution < 1.29 is 14.3 Å². The summed E-state index contributed by atoms with van der Waals surface area (Å²) in [5.41, 5.74) is 1.59. The fourth-order valence-corrected chi connectivity index (χ4v) is 4.32. The van der Waals surface area contributed by atoms with E-state index in [0.717, 1.165) is 32.1 Å². The highest BCUT2D eigenvalue weighted by Crippen LogP contribution is 2.38. The number of carbonyl (C=O) groups excluding carboxylic acids is 2. The number of benzene rings is 1. The minimum Gasteiger partial charge on any atom is -0.368 e. The van der Waals surface area contributed by atoms with Gasteiger partial charge in [0.1, 0.15) is 6.10 Å². The number of amides is 3. The van der Waals surface area contributed by atoms with Crippen LogP contribution in [0.3, 0.4) is 0 Å². The van der Waals surface area contributed by atoms with E-state index in [4.69, 9.17) is 4.74 Å². The molecule has 1 saturated heterocycles. The second-order valence-electron chi connectivity index (χ2n) is 9.03. The maximum absolute atomic E-state index is 12.5. The molecule has 3 atom stereocenters. The third-order valence-corrected chi connectivity index (χ3v) is 5.83. The zero-order valence-electron chi connectivity index (χ0n) is 17.2. The molecule has 1 heterocycles.